The van der Waals surface area contributed by atoms with Crippen molar-refractivity contribution in [1.82, 2.24) is 19.5 Å². The summed E-state index contributed by atoms with van der Waals surface area (Å²) < 4.78 is 34.0. The van der Waals surface area contributed by atoms with Gasteiger partial charge < -0.3 is 19.9 Å². The van der Waals surface area contributed by atoms with Crippen molar-refractivity contribution in [3.05, 3.63) is 30.5 Å². The van der Waals surface area contributed by atoms with Crippen LogP contribution >= 0.6 is 0 Å². The largest absolute Gasteiger partial charge is 0.479 e. The van der Waals surface area contributed by atoms with E-state index in [9.17, 15) is 13.6 Å². The molecular formula is C25H29F2N7O2. The fourth-order valence-corrected chi connectivity index (χ4v) is 4.81. The number of rotatable bonds is 6. The molecule has 1 saturated heterocycles. The van der Waals surface area contributed by atoms with E-state index in [1.807, 2.05) is 37.4 Å². The molecule has 36 heavy (non-hydrogen) atoms. The smallest absolute Gasteiger partial charge is 0.255 e. The zero-order chi connectivity index (χ0) is 25.4. The standard InChI is InChI=1S/C25H29F2N7O2/c1-15-8-10-33(14-21(26)27)20-12-16(4-6-19(20)28-15)18-9-11-34-23(18)24(36-3)30-25(31-34)29-17-5-7-22(35)32(2)13-17/h4,6,9,11-12,17,21H,5,7-8,10,13-14H2,1-3H3,(H,29,31). The Hall–Kier alpha value is -3.76. The zero-order valence-corrected chi connectivity index (χ0v) is 20.5. The van der Waals surface area contributed by atoms with Crippen molar-refractivity contribution >= 4 is 34.5 Å². The Balaban J connectivity index is 1.51. The molecule has 2 aliphatic rings. The lowest BCUT2D eigenvalue weighted by atomic mass is 10.0. The van der Waals surface area contributed by atoms with Crippen LogP contribution in [0.1, 0.15) is 26.2 Å². The van der Waals surface area contributed by atoms with Gasteiger partial charge in [0, 0.05) is 56.5 Å². The molecule has 5 rings (SSSR count). The highest BCUT2D eigenvalue weighted by Gasteiger charge is 2.25. The summed E-state index contributed by atoms with van der Waals surface area (Å²) >= 11 is 0. The van der Waals surface area contributed by atoms with E-state index in [0.29, 0.717) is 61.1 Å². The lowest BCUT2D eigenvalue weighted by Crippen LogP contribution is -2.43. The monoisotopic (exact) mass is 497 g/mol. The number of likely N-dealkylation sites (tertiary alicyclic amines) is 1. The van der Waals surface area contributed by atoms with Crippen molar-refractivity contribution in [1.29, 1.82) is 0 Å². The molecule has 0 saturated carbocycles. The normalized spacial score (nSPS) is 18.3. The van der Waals surface area contributed by atoms with Crippen molar-refractivity contribution in [2.45, 2.75) is 38.7 Å². The van der Waals surface area contributed by atoms with Gasteiger partial charge in [-0.25, -0.2) is 13.3 Å². The molecule has 0 radical (unpaired) electrons. The minimum Gasteiger partial charge on any atom is -0.479 e. The molecule has 0 bridgehead atoms. The van der Waals surface area contributed by atoms with Gasteiger partial charge in [0.25, 0.3) is 6.43 Å². The summed E-state index contributed by atoms with van der Waals surface area (Å²) in [5.41, 5.74) is 4.61. The molecular weight excluding hydrogens is 468 g/mol. The minimum atomic E-state index is -2.45. The number of hydrogen-bond acceptors (Lipinski definition) is 7. The topological polar surface area (TPSA) is 87.4 Å². The number of piperidine rings is 1. The maximum absolute atomic E-state index is 13.3. The van der Waals surface area contributed by atoms with Crippen molar-refractivity contribution < 1.29 is 18.3 Å². The third kappa shape index (κ3) is 4.69. The van der Waals surface area contributed by atoms with Crippen molar-refractivity contribution in [2.75, 3.05) is 44.0 Å². The number of hydrogen-bond donors (Lipinski definition) is 1. The SMILES string of the molecule is COc1nc(NC2CCC(=O)N(C)C2)nn2ccc(-c3ccc4c(c3)N(CC(F)F)CCC(C)=N4)c12. The van der Waals surface area contributed by atoms with Gasteiger partial charge in [-0.3, -0.25) is 9.79 Å². The summed E-state index contributed by atoms with van der Waals surface area (Å²) in [6.45, 7) is 2.63. The van der Waals surface area contributed by atoms with Crippen LogP contribution in [0.3, 0.4) is 0 Å². The molecule has 2 aliphatic heterocycles. The van der Waals surface area contributed by atoms with E-state index < -0.39 is 6.43 Å². The Morgan fingerprint density at radius 2 is 2.08 bits per heavy atom. The minimum absolute atomic E-state index is 0.0410. The van der Waals surface area contributed by atoms with Crippen molar-refractivity contribution in [2.24, 2.45) is 4.99 Å². The number of alkyl halides is 2. The van der Waals surface area contributed by atoms with Crippen LogP contribution in [0.15, 0.2) is 35.5 Å². The number of halogens is 2. The summed E-state index contributed by atoms with van der Waals surface area (Å²) in [6, 6.07) is 7.64. The van der Waals surface area contributed by atoms with Gasteiger partial charge >= 0.3 is 0 Å². The average Bonchev–Trinajstić information content (AvgIpc) is 3.21. The van der Waals surface area contributed by atoms with Gasteiger partial charge in [-0.15, -0.1) is 5.10 Å². The number of fused-ring (bicyclic) bond motifs is 2. The molecule has 11 heteroatoms. The highest BCUT2D eigenvalue weighted by molar-refractivity contribution is 5.92. The van der Waals surface area contributed by atoms with Crippen molar-refractivity contribution in [3.8, 4) is 17.0 Å². The van der Waals surface area contributed by atoms with Gasteiger partial charge in [-0.1, -0.05) is 6.07 Å². The van der Waals surface area contributed by atoms with Gasteiger partial charge in [-0.2, -0.15) is 4.98 Å². The molecule has 4 heterocycles. The zero-order valence-electron chi connectivity index (χ0n) is 20.5. The molecule has 1 atom stereocenters. The van der Waals surface area contributed by atoms with Crippen LogP contribution in [0.5, 0.6) is 5.88 Å². The number of anilines is 2. The van der Waals surface area contributed by atoms with Crippen LogP contribution in [0, 0.1) is 0 Å². The van der Waals surface area contributed by atoms with E-state index in [1.54, 1.807) is 28.5 Å². The molecule has 190 valence electrons. The number of methoxy groups -OCH3 is 1. The number of aromatic nitrogens is 3. The average molecular weight is 498 g/mol. The third-order valence-corrected chi connectivity index (χ3v) is 6.67. The predicted octanol–water partition coefficient (Wildman–Crippen LogP) is 4.01. The number of likely N-dealkylation sites (N-methyl/N-ethyl adjacent to an activating group) is 1. The van der Waals surface area contributed by atoms with E-state index in [4.69, 9.17) is 4.74 Å². The van der Waals surface area contributed by atoms with Crippen LogP contribution in [0.25, 0.3) is 16.6 Å². The van der Waals surface area contributed by atoms with Crippen LogP contribution in [-0.2, 0) is 4.79 Å². The molecule has 2 aromatic heterocycles. The van der Waals surface area contributed by atoms with Crippen LogP contribution in [-0.4, -0.2) is 77.4 Å². The number of ether oxygens (including phenoxy) is 1. The number of benzene rings is 1. The number of amides is 1. The Morgan fingerprint density at radius 1 is 1.25 bits per heavy atom. The van der Waals surface area contributed by atoms with Gasteiger partial charge in [0.05, 0.1) is 25.0 Å². The first-order valence-electron chi connectivity index (χ1n) is 12.0. The summed E-state index contributed by atoms with van der Waals surface area (Å²) in [4.78, 5) is 24.4. The molecule has 0 aliphatic carbocycles. The number of nitrogens with one attached hydrogen (secondary N) is 1. The first kappa shape index (κ1) is 24.0. The second-order valence-corrected chi connectivity index (χ2v) is 9.26. The van der Waals surface area contributed by atoms with Gasteiger partial charge in [-0.05, 0) is 37.1 Å². The van der Waals surface area contributed by atoms with Gasteiger partial charge in [0.2, 0.25) is 17.7 Å². The fourth-order valence-electron chi connectivity index (χ4n) is 4.81. The maximum atomic E-state index is 13.3. The third-order valence-electron chi connectivity index (χ3n) is 6.67. The number of carbonyl (C=O) groups excluding carboxylic acids is 1. The second kappa shape index (κ2) is 9.71. The Morgan fingerprint density at radius 3 is 2.83 bits per heavy atom. The first-order chi connectivity index (χ1) is 17.3. The van der Waals surface area contributed by atoms with E-state index in [0.717, 1.165) is 16.8 Å². The summed E-state index contributed by atoms with van der Waals surface area (Å²) in [5, 5.41) is 7.93. The summed E-state index contributed by atoms with van der Waals surface area (Å²) in [5.74, 6) is 0.927. The Bertz CT molecular complexity index is 1320. The molecule has 1 aromatic carbocycles. The Kier molecular flexibility index (Phi) is 6.46. The fraction of sp³-hybridized carbons (Fsp3) is 0.440. The predicted molar refractivity (Wildman–Crippen MR) is 135 cm³/mol. The van der Waals surface area contributed by atoms with Gasteiger partial charge in [0.1, 0.15) is 5.52 Å². The summed E-state index contributed by atoms with van der Waals surface area (Å²) in [7, 11) is 3.34. The van der Waals surface area contributed by atoms with E-state index in [2.05, 4.69) is 20.4 Å². The lowest BCUT2D eigenvalue weighted by molar-refractivity contribution is -0.132. The molecule has 1 fully saturated rings. The first-order valence-corrected chi connectivity index (χ1v) is 12.0. The van der Waals surface area contributed by atoms with E-state index >= 15 is 0 Å². The molecule has 9 nitrogen and oxygen atoms in total. The van der Waals surface area contributed by atoms with Crippen LogP contribution in [0.2, 0.25) is 0 Å². The van der Waals surface area contributed by atoms with Crippen molar-refractivity contribution in [3.63, 3.8) is 0 Å². The van der Waals surface area contributed by atoms with Crippen LogP contribution in [0.4, 0.5) is 26.1 Å². The number of nitrogens with zero attached hydrogens (tertiary/aromatic N) is 6. The van der Waals surface area contributed by atoms with Crippen LogP contribution < -0.4 is 15.0 Å². The molecule has 1 N–H and O–H groups in total. The van der Waals surface area contributed by atoms with Gasteiger partial charge in [0.15, 0.2) is 0 Å². The lowest BCUT2D eigenvalue weighted by Gasteiger charge is -2.30. The van der Waals surface area contributed by atoms with E-state index in [1.165, 1.54) is 0 Å². The summed E-state index contributed by atoms with van der Waals surface area (Å²) in [6.07, 6.45) is 1.19. The maximum Gasteiger partial charge on any atom is 0.255 e. The Labute approximate surface area is 207 Å². The quantitative estimate of drug-likeness (QED) is 0.554. The molecule has 1 amide bonds. The van der Waals surface area contributed by atoms with E-state index in [-0.39, 0.29) is 18.5 Å². The highest BCUT2D eigenvalue weighted by atomic mass is 19.3. The number of carbonyl (C=O) groups is 1. The second-order valence-electron chi connectivity index (χ2n) is 9.26. The number of aliphatic imine (C=N–C) groups is 1. The highest BCUT2D eigenvalue weighted by Crippen LogP contribution is 2.39. The molecule has 0 spiro atoms. The molecule has 3 aromatic rings. The molecule has 1 unspecified atom stereocenters.